The fourth-order valence-electron chi connectivity index (χ4n) is 2.61. The van der Waals surface area contributed by atoms with Gasteiger partial charge < -0.3 is 10.6 Å². The maximum Gasteiger partial charge on any atom is 0.240 e. The molecule has 106 valence electrons. The zero-order valence-corrected chi connectivity index (χ0v) is 12.2. The van der Waals surface area contributed by atoms with Crippen LogP contribution < -0.4 is 5.73 Å². The number of nitrogens with zero attached hydrogens (tertiary/aromatic N) is 1. The van der Waals surface area contributed by atoms with Crippen molar-refractivity contribution in [3.05, 3.63) is 0 Å². The molecule has 0 aromatic rings. The predicted octanol–water partition coefficient (Wildman–Crippen LogP) is 0.395. The fraction of sp³-hybridized carbons (Fsp3) is 0.917. The smallest absolute Gasteiger partial charge is 0.240 e. The highest BCUT2D eigenvalue weighted by molar-refractivity contribution is 7.92. The van der Waals surface area contributed by atoms with Crippen molar-refractivity contribution < 1.29 is 13.2 Å². The van der Waals surface area contributed by atoms with Crippen LogP contribution in [0.5, 0.6) is 0 Å². The number of sulfone groups is 1. The highest BCUT2D eigenvalue weighted by Crippen LogP contribution is 2.27. The monoisotopic (exact) mass is 276 g/mol. The van der Waals surface area contributed by atoms with Gasteiger partial charge in [-0.3, -0.25) is 4.79 Å². The lowest BCUT2D eigenvalue weighted by molar-refractivity contribution is -0.132. The summed E-state index contributed by atoms with van der Waals surface area (Å²) in [5.41, 5.74) is 5.74. The minimum Gasteiger partial charge on any atom is -0.341 e. The van der Waals surface area contributed by atoms with Crippen LogP contribution in [0, 0.1) is 5.92 Å². The second kappa shape index (κ2) is 6.02. The first kappa shape index (κ1) is 15.4. The summed E-state index contributed by atoms with van der Waals surface area (Å²) in [5, 5.41) is -0.970. The molecule has 0 saturated heterocycles. The number of nitrogens with two attached hydrogens (primary N) is 1. The molecular weight excluding hydrogens is 252 g/mol. The van der Waals surface area contributed by atoms with E-state index in [1.54, 1.807) is 11.9 Å². The maximum absolute atomic E-state index is 12.2. The first-order valence-corrected chi connectivity index (χ1v) is 8.40. The van der Waals surface area contributed by atoms with Gasteiger partial charge in [-0.2, -0.15) is 0 Å². The molecule has 3 atom stereocenters. The van der Waals surface area contributed by atoms with Gasteiger partial charge in [0.2, 0.25) is 5.91 Å². The van der Waals surface area contributed by atoms with Crippen LogP contribution in [-0.4, -0.2) is 50.4 Å². The van der Waals surface area contributed by atoms with Crippen LogP contribution in [-0.2, 0) is 14.6 Å². The summed E-state index contributed by atoms with van der Waals surface area (Å²) in [6.07, 6.45) is 5.26. The van der Waals surface area contributed by atoms with Crippen molar-refractivity contribution in [1.29, 1.82) is 0 Å². The van der Waals surface area contributed by atoms with E-state index in [2.05, 4.69) is 0 Å². The minimum atomic E-state index is -3.33. The van der Waals surface area contributed by atoms with Crippen LogP contribution in [0.1, 0.15) is 32.6 Å². The van der Waals surface area contributed by atoms with Crippen LogP contribution >= 0.6 is 0 Å². The molecule has 1 amide bonds. The summed E-state index contributed by atoms with van der Waals surface area (Å²) in [5.74, 6) is -0.0256. The predicted molar refractivity (Wildman–Crippen MR) is 71.9 cm³/mol. The average Bonchev–Trinajstić information content (AvgIpc) is 2.34. The molecule has 3 unspecified atom stereocenters. The number of carbonyl (C=O) groups excluding carboxylic acids is 1. The molecular formula is C12H24N2O3S. The van der Waals surface area contributed by atoms with E-state index in [1.807, 2.05) is 0 Å². The quantitative estimate of drug-likeness (QED) is 0.805. The van der Waals surface area contributed by atoms with Gasteiger partial charge in [-0.15, -0.1) is 0 Å². The van der Waals surface area contributed by atoms with Gasteiger partial charge in [0.25, 0.3) is 0 Å². The van der Waals surface area contributed by atoms with E-state index in [0.717, 1.165) is 31.9 Å². The molecule has 6 heteroatoms. The van der Waals surface area contributed by atoms with Crippen LogP contribution in [0.3, 0.4) is 0 Å². The standard InChI is InChI=1S/C12H24N2O3S/c1-9(18(3,16)17)12(15)14(2)11-7-5-4-6-10(11)8-13/h9-11H,4-8,13H2,1-3H3. The van der Waals surface area contributed by atoms with E-state index in [0.29, 0.717) is 12.5 Å². The average molecular weight is 276 g/mol. The van der Waals surface area contributed by atoms with Gasteiger partial charge in [0.1, 0.15) is 5.25 Å². The van der Waals surface area contributed by atoms with Gasteiger partial charge in [-0.1, -0.05) is 12.8 Å². The zero-order chi connectivity index (χ0) is 13.9. The van der Waals surface area contributed by atoms with Crippen molar-refractivity contribution in [2.75, 3.05) is 19.8 Å². The second-order valence-electron chi connectivity index (χ2n) is 5.27. The van der Waals surface area contributed by atoms with Crippen LogP contribution in [0.2, 0.25) is 0 Å². The van der Waals surface area contributed by atoms with E-state index in [-0.39, 0.29) is 11.9 Å². The van der Waals surface area contributed by atoms with Gasteiger partial charge in [0.15, 0.2) is 9.84 Å². The first-order valence-electron chi connectivity index (χ1n) is 6.44. The molecule has 1 aliphatic carbocycles. The Bertz CT molecular complexity index is 394. The number of amides is 1. The summed E-state index contributed by atoms with van der Waals surface area (Å²) in [6, 6.07) is 0.0837. The first-order chi connectivity index (χ1) is 8.29. The van der Waals surface area contributed by atoms with Crippen molar-refractivity contribution in [3.8, 4) is 0 Å². The lowest BCUT2D eigenvalue weighted by atomic mass is 9.83. The molecule has 0 aliphatic heterocycles. The summed E-state index contributed by atoms with van der Waals surface area (Å²) >= 11 is 0. The normalized spacial score (nSPS) is 26.7. The molecule has 0 radical (unpaired) electrons. The van der Waals surface area contributed by atoms with E-state index < -0.39 is 15.1 Å². The van der Waals surface area contributed by atoms with Gasteiger partial charge >= 0.3 is 0 Å². The molecule has 0 aromatic carbocycles. The number of carbonyl (C=O) groups is 1. The second-order valence-corrected chi connectivity index (χ2v) is 7.63. The molecule has 18 heavy (non-hydrogen) atoms. The Labute approximate surface area is 110 Å². The van der Waals surface area contributed by atoms with Crippen molar-refractivity contribution in [2.45, 2.75) is 43.9 Å². The van der Waals surface area contributed by atoms with E-state index >= 15 is 0 Å². The lowest BCUT2D eigenvalue weighted by Crippen LogP contribution is -2.49. The van der Waals surface area contributed by atoms with Crippen molar-refractivity contribution in [1.82, 2.24) is 4.90 Å². The molecule has 1 aliphatic rings. The summed E-state index contributed by atoms with van der Waals surface area (Å²) in [6.45, 7) is 2.00. The Morgan fingerprint density at radius 1 is 1.39 bits per heavy atom. The van der Waals surface area contributed by atoms with E-state index in [9.17, 15) is 13.2 Å². The highest BCUT2D eigenvalue weighted by atomic mass is 32.2. The van der Waals surface area contributed by atoms with E-state index in [4.69, 9.17) is 5.73 Å². The fourth-order valence-corrected chi connectivity index (χ4v) is 3.14. The van der Waals surface area contributed by atoms with Crippen LogP contribution in [0.15, 0.2) is 0 Å². The third-order valence-corrected chi connectivity index (χ3v) is 5.49. The van der Waals surface area contributed by atoms with Gasteiger partial charge in [0, 0.05) is 19.3 Å². The van der Waals surface area contributed by atoms with Crippen LogP contribution in [0.25, 0.3) is 0 Å². The van der Waals surface area contributed by atoms with Crippen molar-refractivity contribution in [3.63, 3.8) is 0 Å². The molecule has 0 heterocycles. The lowest BCUT2D eigenvalue weighted by Gasteiger charge is -2.38. The largest absolute Gasteiger partial charge is 0.341 e. The molecule has 1 rings (SSSR count). The minimum absolute atomic E-state index is 0.0837. The van der Waals surface area contributed by atoms with Crippen molar-refractivity contribution in [2.24, 2.45) is 11.7 Å². The van der Waals surface area contributed by atoms with Gasteiger partial charge in [-0.25, -0.2) is 8.42 Å². The SMILES string of the molecule is CC(C(=O)N(C)C1CCCCC1CN)S(C)(=O)=O. The Kier molecular flexibility index (Phi) is 5.16. The maximum atomic E-state index is 12.2. The molecule has 1 fully saturated rings. The van der Waals surface area contributed by atoms with E-state index in [1.165, 1.54) is 6.92 Å². The molecule has 0 bridgehead atoms. The zero-order valence-electron chi connectivity index (χ0n) is 11.4. The Morgan fingerprint density at radius 2 is 1.94 bits per heavy atom. The summed E-state index contributed by atoms with van der Waals surface area (Å²) in [7, 11) is -1.64. The highest BCUT2D eigenvalue weighted by Gasteiger charge is 2.34. The number of rotatable bonds is 4. The van der Waals surface area contributed by atoms with Crippen molar-refractivity contribution >= 4 is 15.7 Å². The Balaban J connectivity index is 2.79. The summed E-state index contributed by atoms with van der Waals surface area (Å²) < 4.78 is 22.9. The van der Waals surface area contributed by atoms with Crippen LogP contribution in [0.4, 0.5) is 0 Å². The Morgan fingerprint density at radius 3 is 2.44 bits per heavy atom. The number of hydrogen-bond acceptors (Lipinski definition) is 4. The van der Waals surface area contributed by atoms with Gasteiger partial charge in [0.05, 0.1) is 0 Å². The molecule has 2 N–H and O–H groups in total. The topological polar surface area (TPSA) is 80.5 Å². The third kappa shape index (κ3) is 3.45. The van der Waals surface area contributed by atoms with Gasteiger partial charge in [-0.05, 0) is 32.2 Å². The molecule has 0 aromatic heterocycles. The molecule has 5 nitrogen and oxygen atoms in total. The molecule has 0 spiro atoms. The molecule has 1 saturated carbocycles. The third-order valence-electron chi connectivity index (χ3n) is 4.01. The Hall–Kier alpha value is -0.620. The number of hydrogen-bond donors (Lipinski definition) is 1. The summed E-state index contributed by atoms with van der Waals surface area (Å²) in [4.78, 5) is 13.8.